The van der Waals surface area contributed by atoms with Crippen LogP contribution in [0.5, 0.6) is 5.75 Å². The van der Waals surface area contributed by atoms with Gasteiger partial charge in [-0.3, -0.25) is 4.79 Å². The monoisotopic (exact) mass is 290 g/mol. The van der Waals surface area contributed by atoms with Crippen molar-refractivity contribution in [1.82, 2.24) is 5.32 Å². The number of hydrogen-bond donors (Lipinski definition) is 2. The number of carbonyl (C=O) groups is 1. The zero-order chi connectivity index (χ0) is 14.4. The van der Waals surface area contributed by atoms with Gasteiger partial charge in [-0.25, -0.2) is 0 Å². The quantitative estimate of drug-likeness (QED) is 0.804. The minimum absolute atomic E-state index is 0.00368. The number of nitrogens with one attached hydrogen (secondary N) is 1. The highest BCUT2D eigenvalue weighted by Gasteiger charge is 2.06. The van der Waals surface area contributed by atoms with E-state index < -0.39 is 0 Å². The number of rotatable bonds is 6. The lowest BCUT2D eigenvalue weighted by molar-refractivity contribution is -0.123. The highest BCUT2D eigenvalue weighted by Crippen LogP contribution is 2.17. The van der Waals surface area contributed by atoms with Gasteiger partial charge >= 0.3 is 0 Å². The number of nitrogen functional groups attached to an aromatic ring is 1. The van der Waals surface area contributed by atoms with E-state index in [2.05, 4.69) is 18.3 Å². The Bertz CT molecular complexity index is 581. The summed E-state index contributed by atoms with van der Waals surface area (Å²) in [5.74, 6) is 0.466. The fourth-order valence-electron chi connectivity index (χ4n) is 1.82. The lowest BCUT2D eigenvalue weighted by Gasteiger charge is -2.08. The van der Waals surface area contributed by atoms with Gasteiger partial charge in [0, 0.05) is 16.6 Å². The van der Waals surface area contributed by atoms with Crippen molar-refractivity contribution >= 4 is 22.9 Å². The smallest absolute Gasteiger partial charge is 0.258 e. The lowest BCUT2D eigenvalue weighted by atomic mass is 10.2. The summed E-state index contributed by atoms with van der Waals surface area (Å²) in [6.45, 7) is 2.66. The Morgan fingerprint density at radius 3 is 3.00 bits per heavy atom. The van der Waals surface area contributed by atoms with Gasteiger partial charge in [0.2, 0.25) is 0 Å². The SMILES string of the molecule is CCc1ccsc1CNC(=O)COc1cccc(N)c1. The van der Waals surface area contributed by atoms with Crippen molar-refractivity contribution < 1.29 is 9.53 Å². The molecule has 0 unspecified atom stereocenters. The number of ether oxygens (including phenoxy) is 1. The molecule has 0 aliphatic rings. The van der Waals surface area contributed by atoms with Crippen LogP contribution in [0.2, 0.25) is 0 Å². The minimum atomic E-state index is -0.136. The predicted molar refractivity (Wildman–Crippen MR) is 81.9 cm³/mol. The molecule has 2 rings (SSSR count). The fraction of sp³-hybridized carbons (Fsp3) is 0.267. The summed E-state index contributed by atoms with van der Waals surface area (Å²) in [4.78, 5) is 12.9. The van der Waals surface area contributed by atoms with Crippen LogP contribution in [0.25, 0.3) is 0 Å². The molecule has 0 saturated carbocycles. The van der Waals surface area contributed by atoms with Crippen LogP contribution in [-0.2, 0) is 17.8 Å². The van der Waals surface area contributed by atoms with Gasteiger partial charge in [0.1, 0.15) is 5.75 Å². The van der Waals surface area contributed by atoms with Crippen LogP contribution < -0.4 is 15.8 Å². The third-order valence-corrected chi connectivity index (χ3v) is 3.86. The third-order valence-electron chi connectivity index (χ3n) is 2.89. The zero-order valence-electron chi connectivity index (χ0n) is 11.4. The van der Waals surface area contributed by atoms with Gasteiger partial charge < -0.3 is 15.8 Å². The van der Waals surface area contributed by atoms with Crippen LogP contribution in [0, 0.1) is 0 Å². The second-order valence-corrected chi connectivity index (χ2v) is 5.36. The molecule has 1 aromatic carbocycles. The largest absolute Gasteiger partial charge is 0.484 e. The molecule has 0 aliphatic heterocycles. The molecule has 0 bridgehead atoms. The molecule has 1 amide bonds. The topological polar surface area (TPSA) is 64.3 Å². The molecule has 0 atom stereocenters. The molecule has 2 aromatic rings. The second kappa shape index (κ2) is 6.96. The van der Waals surface area contributed by atoms with Crippen molar-refractivity contribution in [2.24, 2.45) is 0 Å². The third kappa shape index (κ3) is 3.99. The van der Waals surface area contributed by atoms with Gasteiger partial charge in [0.25, 0.3) is 5.91 Å². The lowest BCUT2D eigenvalue weighted by Crippen LogP contribution is -2.28. The minimum Gasteiger partial charge on any atom is -0.484 e. The first-order chi connectivity index (χ1) is 9.69. The van der Waals surface area contributed by atoms with Crippen molar-refractivity contribution in [3.05, 3.63) is 46.2 Å². The number of thiophene rings is 1. The van der Waals surface area contributed by atoms with E-state index >= 15 is 0 Å². The zero-order valence-corrected chi connectivity index (χ0v) is 12.2. The molecule has 5 heteroatoms. The number of amides is 1. The van der Waals surface area contributed by atoms with Gasteiger partial charge in [-0.05, 0) is 35.6 Å². The summed E-state index contributed by atoms with van der Waals surface area (Å²) in [7, 11) is 0. The van der Waals surface area contributed by atoms with E-state index in [1.807, 2.05) is 5.38 Å². The molecule has 106 valence electrons. The van der Waals surface area contributed by atoms with Crippen molar-refractivity contribution in [2.45, 2.75) is 19.9 Å². The molecule has 0 fully saturated rings. The average molecular weight is 290 g/mol. The molecule has 0 aliphatic carbocycles. The molecule has 0 radical (unpaired) electrons. The summed E-state index contributed by atoms with van der Waals surface area (Å²) in [5.41, 5.74) is 7.54. The van der Waals surface area contributed by atoms with Crippen molar-refractivity contribution in [2.75, 3.05) is 12.3 Å². The molecule has 20 heavy (non-hydrogen) atoms. The Hall–Kier alpha value is -2.01. The Balaban J connectivity index is 1.78. The molecule has 0 saturated heterocycles. The first-order valence-corrected chi connectivity index (χ1v) is 7.37. The standard InChI is InChI=1S/C15H18N2O2S/c1-2-11-6-7-20-14(11)9-17-15(18)10-19-13-5-3-4-12(16)8-13/h3-8H,2,9-10,16H2,1H3,(H,17,18). The number of nitrogens with two attached hydrogens (primary N) is 1. The highest BCUT2D eigenvalue weighted by molar-refractivity contribution is 7.10. The molecular formula is C15H18N2O2S. The van der Waals surface area contributed by atoms with Crippen LogP contribution in [0.3, 0.4) is 0 Å². The van der Waals surface area contributed by atoms with E-state index in [9.17, 15) is 4.79 Å². The summed E-state index contributed by atoms with van der Waals surface area (Å²) in [6.07, 6.45) is 0.981. The Kier molecular flexibility index (Phi) is 5.01. The van der Waals surface area contributed by atoms with E-state index in [0.717, 1.165) is 6.42 Å². The van der Waals surface area contributed by atoms with Gasteiger partial charge in [-0.15, -0.1) is 11.3 Å². The summed E-state index contributed by atoms with van der Waals surface area (Å²) < 4.78 is 5.39. The number of carbonyl (C=O) groups excluding carboxylic acids is 1. The highest BCUT2D eigenvalue weighted by atomic mass is 32.1. The Morgan fingerprint density at radius 1 is 1.40 bits per heavy atom. The van der Waals surface area contributed by atoms with Crippen LogP contribution in [0.15, 0.2) is 35.7 Å². The number of benzene rings is 1. The number of hydrogen-bond acceptors (Lipinski definition) is 4. The van der Waals surface area contributed by atoms with Crippen LogP contribution in [0.1, 0.15) is 17.4 Å². The molecule has 0 spiro atoms. The number of anilines is 1. The summed E-state index contributed by atoms with van der Waals surface area (Å²) >= 11 is 1.66. The van der Waals surface area contributed by atoms with Crippen LogP contribution in [-0.4, -0.2) is 12.5 Å². The number of aryl methyl sites for hydroxylation is 1. The first kappa shape index (κ1) is 14.4. The Labute approximate surface area is 122 Å². The average Bonchev–Trinajstić information content (AvgIpc) is 2.90. The van der Waals surface area contributed by atoms with Gasteiger partial charge in [-0.1, -0.05) is 13.0 Å². The maximum absolute atomic E-state index is 11.7. The molecule has 1 aromatic heterocycles. The van der Waals surface area contributed by atoms with Crippen molar-refractivity contribution in [1.29, 1.82) is 0 Å². The van der Waals surface area contributed by atoms with E-state index in [-0.39, 0.29) is 12.5 Å². The van der Waals surface area contributed by atoms with Crippen molar-refractivity contribution in [3.63, 3.8) is 0 Å². The maximum Gasteiger partial charge on any atom is 0.258 e. The van der Waals surface area contributed by atoms with Crippen molar-refractivity contribution in [3.8, 4) is 5.75 Å². The summed E-state index contributed by atoms with van der Waals surface area (Å²) in [6, 6.07) is 9.13. The normalized spacial score (nSPS) is 10.2. The predicted octanol–water partition coefficient (Wildman–Crippen LogP) is 2.59. The van der Waals surface area contributed by atoms with Gasteiger partial charge in [-0.2, -0.15) is 0 Å². The first-order valence-electron chi connectivity index (χ1n) is 6.49. The van der Waals surface area contributed by atoms with E-state index in [0.29, 0.717) is 18.0 Å². The Morgan fingerprint density at radius 2 is 2.25 bits per heavy atom. The van der Waals surface area contributed by atoms with E-state index in [4.69, 9.17) is 10.5 Å². The van der Waals surface area contributed by atoms with Crippen LogP contribution >= 0.6 is 11.3 Å². The molecule has 4 nitrogen and oxygen atoms in total. The van der Waals surface area contributed by atoms with E-state index in [1.165, 1.54) is 10.4 Å². The molecule has 3 N–H and O–H groups in total. The fourth-order valence-corrected chi connectivity index (χ4v) is 2.74. The maximum atomic E-state index is 11.7. The summed E-state index contributed by atoms with van der Waals surface area (Å²) in [5, 5.41) is 4.91. The molecule has 1 heterocycles. The van der Waals surface area contributed by atoms with Crippen LogP contribution in [0.4, 0.5) is 5.69 Å². The van der Waals surface area contributed by atoms with Gasteiger partial charge in [0.15, 0.2) is 6.61 Å². The molecular weight excluding hydrogens is 272 g/mol. The van der Waals surface area contributed by atoms with E-state index in [1.54, 1.807) is 35.6 Å². The van der Waals surface area contributed by atoms with Gasteiger partial charge in [0.05, 0.1) is 6.54 Å². The second-order valence-electron chi connectivity index (χ2n) is 4.36.